The third kappa shape index (κ3) is 2.82. The molecule has 0 bridgehead atoms. The standard InChI is InChI=1S/C16H21N5/c1-9(2)14-19-15(17)21-16(20-14)18-13-7-6-11-5-4-10(3)8-12(11)13/h4-5,8-9,13H,6-7H2,1-3H3,(H3,17,18,19,20,21)/t13-/m1/s1. The molecule has 3 rings (SSSR count). The largest absolute Gasteiger partial charge is 0.368 e. The highest BCUT2D eigenvalue weighted by atomic mass is 15.2. The molecular formula is C16H21N5. The number of hydrogen-bond acceptors (Lipinski definition) is 5. The predicted molar refractivity (Wildman–Crippen MR) is 84.2 cm³/mol. The van der Waals surface area contributed by atoms with E-state index in [9.17, 15) is 0 Å². The van der Waals surface area contributed by atoms with Crippen molar-refractivity contribution < 1.29 is 0 Å². The van der Waals surface area contributed by atoms with E-state index in [-0.39, 0.29) is 17.9 Å². The predicted octanol–water partition coefficient (Wildman–Crippen LogP) is 2.99. The molecule has 1 aliphatic carbocycles. The Bertz CT molecular complexity index is 666. The summed E-state index contributed by atoms with van der Waals surface area (Å²) in [6.07, 6.45) is 2.15. The van der Waals surface area contributed by atoms with Gasteiger partial charge in [0.15, 0.2) is 0 Å². The highest BCUT2D eigenvalue weighted by molar-refractivity contribution is 5.43. The second-order valence-electron chi connectivity index (χ2n) is 5.97. The molecule has 0 fully saturated rings. The first-order chi connectivity index (χ1) is 10.0. The van der Waals surface area contributed by atoms with Crippen molar-refractivity contribution in [2.24, 2.45) is 0 Å². The van der Waals surface area contributed by atoms with Crippen LogP contribution in [0.4, 0.5) is 11.9 Å². The number of anilines is 2. The molecule has 5 nitrogen and oxygen atoms in total. The van der Waals surface area contributed by atoms with Crippen molar-refractivity contribution in [2.45, 2.75) is 45.6 Å². The van der Waals surface area contributed by atoms with Crippen LogP contribution in [0.3, 0.4) is 0 Å². The van der Waals surface area contributed by atoms with Crippen LogP contribution in [0.15, 0.2) is 18.2 Å². The Balaban J connectivity index is 1.87. The summed E-state index contributed by atoms with van der Waals surface area (Å²) in [6, 6.07) is 6.88. The second-order valence-corrected chi connectivity index (χ2v) is 5.97. The maximum atomic E-state index is 5.79. The molecule has 110 valence electrons. The molecule has 0 saturated carbocycles. The molecule has 0 saturated heterocycles. The van der Waals surface area contributed by atoms with Crippen molar-refractivity contribution in [3.8, 4) is 0 Å². The highest BCUT2D eigenvalue weighted by Gasteiger charge is 2.23. The van der Waals surface area contributed by atoms with Crippen LogP contribution in [0, 0.1) is 6.92 Å². The third-order valence-corrected chi connectivity index (χ3v) is 3.87. The smallest absolute Gasteiger partial charge is 0.228 e. The summed E-state index contributed by atoms with van der Waals surface area (Å²) in [5.41, 5.74) is 9.82. The van der Waals surface area contributed by atoms with Gasteiger partial charge in [0.1, 0.15) is 5.82 Å². The number of benzene rings is 1. The molecule has 21 heavy (non-hydrogen) atoms. The molecule has 1 aliphatic rings. The molecule has 0 aliphatic heterocycles. The average molecular weight is 283 g/mol. The fourth-order valence-electron chi connectivity index (χ4n) is 2.76. The first-order valence-electron chi connectivity index (χ1n) is 7.40. The summed E-state index contributed by atoms with van der Waals surface area (Å²) in [7, 11) is 0. The van der Waals surface area contributed by atoms with Crippen LogP contribution >= 0.6 is 0 Å². The number of aryl methyl sites for hydroxylation is 2. The van der Waals surface area contributed by atoms with Crippen LogP contribution in [0.2, 0.25) is 0 Å². The zero-order valence-corrected chi connectivity index (χ0v) is 12.7. The summed E-state index contributed by atoms with van der Waals surface area (Å²) >= 11 is 0. The Labute approximate surface area is 125 Å². The fourth-order valence-corrected chi connectivity index (χ4v) is 2.76. The number of nitrogens with two attached hydrogens (primary N) is 1. The van der Waals surface area contributed by atoms with E-state index in [4.69, 9.17) is 5.73 Å². The second kappa shape index (κ2) is 5.31. The van der Waals surface area contributed by atoms with Gasteiger partial charge in [0.05, 0.1) is 6.04 Å². The van der Waals surface area contributed by atoms with Crippen molar-refractivity contribution in [1.29, 1.82) is 0 Å². The Hall–Kier alpha value is -2.17. The van der Waals surface area contributed by atoms with Crippen LogP contribution in [-0.4, -0.2) is 15.0 Å². The molecule has 0 radical (unpaired) electrons. The Morgan fingerprint density at radius 2 is 2.05 bits per heavy atom. The molecule has 1 aromatic carbocycles. The van der Waals surface area contributed by atoms with Gasteiger partial charge in [0.2, 0.25) is 11.9 Å². The van der Waals surface area contributed by atoms with Crippen LogP contribution in [0.5, 0.6) is 0 Å². The number of aromatic nitrogens is 3. The van der Waals surface area contributed by atoms with E-state index >= 15 is 0 Å². The number of rotatable bonds is 3. The van der Waals surface area contributed by atoms with Gasteiger partial charge in [-0.05, 0) is 30.9 Å². The summed E-state index contributed by atoms with van der Waals surface area (Å²) in [6.45, 7) is 6.22. The average Bonchev–Trinajstić information content (AvgIpc) is 2.80. The zero-order chi connectivity index (χ0) is 15.0. The van der Waals surface area contributed by atoms with Gasteiger partial charge in [-0.25, -0.2) is 0 Å². The maximum Gasteiger partial charge on any atom is 0.228 e. The van der Waals surface area contributed by atoms with E-state index in [1.807, 2.05) is 13.8 Å². The summed E-state index contributed by atoms with van der Waals surface area (Å²) < 4.78 is 0. The number of nitrogens with one attached hydrogen (secondary N) is 1. The van der Waals surface area contributed by atoms with Crippen molar-refractivity contribution in [3.63, 3.8) is 0 Å². The van der Waals surface area contributed by atoms with Gasteiger partial charge < -0.3 is 11.1 Å². The lowest BCUT2D eigenvalue weighted by Gasteiger charge is -2.15. The van der Waals surface area contributed by atoms with E-state index < -0.39 is 0 Å². The van der Waals surface area contributed by atoms with E-state index in [0.717, 1.165) is 18.7 Å². The van der Waals surface area contributed by atoms with Gasteiger partial charge in [-0.15, -0.1) is 0 Å². The zero-order valence-electron chi connectivity index (χ0n) is 12.7. The van der Waals surface area contributed by atoms with Gasteiger partial charge in [-0.2, -0.15) is 15.0 Å². The minimum Gasteiger partial charge on any atom is -0.368 e. The first kappa shape index (κ1) is 13.8. The van der Waals surface area contributed by atoms with Crippen LogP contribution in [0.25, 0.3) is 0 Å². The number of hydrogen-bond donors (Lipinski definition) is 2. The molecule has 0 unspecified atom stereocenters. The molecule has 5 heteroatoms. The van der Waals surface area contributed by atoms with E-state index in [1.165, 1.54) is 16.7 Å². The topological polar surface area (TPSA) is 76.7 Å². The number of nitrogen functional groups attached to an aromatic ring is 1. The lowest BCUT2D eigenvalue weighted by molar-refractivity contribution is 0.728. The molecule has 2 aromatic rings. The minimum atomic E-state index is 0.231. The Kier molecular flexibility index (Phi) is 3.49. The lowest BCUT2D eigenvalue weighted by Crippen LogP contribution is -2.14. The van der Waals surface area contributed by atoms with Crippen molar-refractivity contribution >= 4 is 11.9 Å². The molecule has 0 spiro atoms. The number of fused-ring (bicyclic) bond motifs is 1. The molecule has 0 amide bonds. The summed E-state index contributed by atoms with van der Waals surface area (Å²) in [5, 5.41) is 3.42. The van der Waals surface area contributed by atoms with Crippen LogP contribution in [-0.2, 0) is 6.42 Å². The van der Waals surface area contributed by atoms with E-state index in [0.29, 0.717) is 5.95 Å². The monoisotopic (exact) mass is 283 g/mol. The van der Waals surface area contributed by atoms with Gasteiger partial charge >= 0.3 is 0 Å². The summed E-state index contributed by atoms with van der Waals surface area (Å²) in [5.74, 6) is 1.81. The van der Waals surface area contributed by atoms with Crippen molar-refractivity contribution in [2.75, 3.05) is 11.1 Å². The highest BCUT2D eigenvalue weighted by Crippen LogP contribution is 2.33. The minimum absolute atomic E-state index is 0.231. The third-order valence-electron chi connectivity index (χ3n) is 3.87. The Morgan fingerprint density at radius 1 is 1.24 bits per heavy atom. The van der Waals surface area contributed by atoms with Gasteiger partial charge in [0, 0.05) is 5.92 Å². The molecular weight excluding hydrogens is 262 g/mol. The number of nitrogens with zero attached hydrogens (tertiary/aromatic N) is 3. The summed E-state index contributed by atoms with van der Waals surface area (Å²) in [4.78, 5) is 12.9. The fraction of sp³-hybridized carbons (Fsp3) is 0.438. The molecule has 3 N–H and O–H groups in total. The quantitative estimate of drug-likeness (QED) is 0.905. The molecule has 1 heterocycles. The lowest BCUT2D eigenvalue weighted by atomic mass is 10.1. The molecule has 1 aromatic heterocycles. The normalized spacial score (nSPS) is 17.0. The van der Waals surface area contributed by atoms with Gasteiger partial charge in [-0.1, -0.05) is 37.6 Å². The SMILES string of the molecule is Cc1ccc2c(c1)[C@H](Nc1nc(N)nc(C(C)C)n1)CC2. The van der Waals surface area contributed by atoms with Crippen LogP contribution in [0.1, 0.15) is 54.7 Å². The molecule has 1 atom stereocenters. The van der Waals surface area contributed by atoms with E-state index in [1.54, 1.807) is 0 Å². The van der Waals surface area contributed by atoms with Gasteiger partial charge in [-0.3, -0.25) is 0 Å². The van der Waals surface area contributed by atoms with Crippen LogP contribution < -0.4 is 11.1 Å². The first-order valence-corrected chi connectivity index (χ1v) is 7.40. The van der Waals surface area contributed by atoms with Crippen molar-refractivity contribution in [3.05, 3.63) is 40.7 Å². The van der Waals surface area contributed by atoms with Crippen molar-refractivity contribution in [1.82, 2.24) is 15.0 Å². The van der Waals surface area contributed by atoms with E-state index in [2.05, 4.69) is 45.4 Å². The van der Waals surface area contributed by atoms with Gasteiger partial charge in [0.25, 0.3) is 0 Å². The maximum absolute atomic E-state index is 5.79. The Morgan fingerprint density at radius 3 is 2.81 bits per heavy atom.